The smallest absolute Gasteiger partial charge is 0.123 e. The maximum absolute atomic E-state index is 8.85. The van der Waals surface area contributed by atoms with E-state index in [1.807, 2.05) is 60.8 Å². The SMILES string of the molecule is [2H]C([2H])([2H])c1ccc(-c2[c-]c([N+]#[C-])c(C#N)cc2)nc1.[Ir].[c-]1ccccc1-c1cc(-c2ccccc2)ccn1. The van der Waals surface area contributed by atoms with Crippen molar-refractivity contribution >= 4 is 5.69 Å². The molecule has 36 heavy (non-hydrogen) atoms. The number of aromatic nitrogens is 2. The zero-order valence-electron chi connectivity index (χ0n) is 21.9. The van der Waals surface area contributed by atoms with E-state index in [9.17, 15) is 0 Å². The van der Waals surface area contributed by atoms with E-state index in [2.05, 4.69) is 45.1 Å². The van der Waals surface area contributed by atoms with Crippen LogP contribution in [0.1, 0.15) is 15.2 Å². The Morgan fingerprint density at radius 2 is 1.72 bits per heavy atom. The predicted molar refractivity (Wildman–Crippen MR) is 138 cm³/mol. The summed E-state index contributed by atoms with van der Waals surface area (Å²) < 4.78 is 21.8. The Bertz CT molecular complexity index is 1550. The number of rotatable bonds is 3. The van der Waals surface area contributed by atoms with Crippen LogP contribution in [0.5, 0.6) is 0 Å². The number of benzene rings is 3. The second kappa shape index (κ2) is 12.9. The predicted octanol–water partition coefficient (Wildman–Crippen LogP) is 7.49. The molecule has 2 heterocycles. The van der Waals surface area contributed by atoms with Crippen molar-refractivity contribution < 1.29 is 24.2 Å². The van der Waals surface area contributed by atoms with Crippen LogP contribution in [0.3, 0.4) is 0 Å². The van der Waals surface area contributed by atoms with Gasteiger partial charge in [0.1, 0.15) is 5.69 Å². The van der Waals surface area contributed by atoms with E-state index < -0.39 is 6.85 Å². The van der Waals surface area contributed by atoms with E-state index in [0.29, 0.717) is 11.3 Å². The third-order valence-corrected chi connectivity index (χ3v) is 5.05. The minimum Gasteiger partial charge on any atom is -0.305 e. The van der Waals surface area contributed by atoms with Crippen LogP contribution in [-0.4, -0.2) is 9.97 Å². The Labute approximate surface area is 229 Å². The Balaban J connectivity index is 0.000000211. The summed E-state index contributed by atoms with van der Waals surface area (Å²) in [7, 11) is 0. The van der Waals surface area contributed by atoms with Crippen molar-refractivity contribution in [2.45, 2.75) is 6.85 Å². The third-order valence-electron chi connectivity index (χ3n) is 5.05. The molecule has 5 rings (SSSR count). The summed E-state index contributed by atoms with van der Waals surface area (Å²) in [5, 5.41) is 8.85. The van der Waals surface area contributed by atoms with Crippen LogP contribution >= 0.6 is 0 Å². The van der Waals surface area contributed by atoms with Crippen molar-refractivity contribution in [2.24, 2.45) is 0 Å². The van der Waals surface area contributed by atoms with Crippen LogP contribution in [0.4, 0.5) is 5.69 Å². The summed E-state index contributed by atoms with van der Waals surface area (Å²) in [6.07, 6.45) is 3.13. The molecule has 0 amide bonds. The van der Waals surface area contributed by atoms with Gasteiger partial charge in [-0.1, -0.05) is 48.5 Å². The molecule has 0 aliphatic carbocycles. The quantitative estimate of drug-likeness (QED) is 0.192. The Hall–Kier alpha value is -4.41. The first kappa shape index (κ1) is 22.1. The Morgan fingerprint density at radius 3 is 2.39 bits per heavy atom. The average molecular weight is 644 g/mol. The number of pyridine rings is 2. The van der Waals surface area contributed by atoms with E-state index in [0.717, 1.165) is 11.3 Å². The summed E-state index contributed by atoms with van der Waals surface area (Å²) in [5.41, 5.74) is 5.96. The second-order valence-corrected chi connectivity index (χ2v) is 7.36. The van der Waals surface area contributed by atoms with Gasteiger partial charge in [0, 0.05) is 42.7 Å². The van der Waals surface area contributed by atoms with Crippen molar-refractivity contribution in [1.82, 2.24) is 9.97 Å². The molecule has 0 unspecified atom stereocenters. The van der Waals surface area contributed by atoms with E-state index >= 15 is 0 Å². The molecule has 3 aromatic carbocycles. The van der Waals surface area contributed by atoms with Gasteiger partial charge in [0.2, 0.25) is 0 Å². The van der Waals surface area contributed by atoms with Crippen molar-refractivity contribution in [2.75, 3.05) is 0 Å². The number of hydrogen-bond donors (Lipinski definition) is 0. The molecule has 175 valence electrons. The molecule has 0 spiro atoms. The zero-order chi connectivity index (χ0) is 27.0. The molecule has 0 bridgehead atoms. The van der Waals surface area contributed by atoms with Gasteiger partial charge < -0.3 is 9.97 Å². The van der Waals surface area contributed by atoms with Gasteiger partial charge in [0.05, 0.1) is 6.57 Å². The van der Waals surface area contributed by atoms with Gasteiger partial charge in [-0.15, -0.1) is 59.7 Å². The largest absolute Gasteiger partial charge is 0.305 e. The van der Waals surface area contributed by atoms with Gasteiger partial charge >= 0.3 is 0 Å². The van der Waals surface area contributed by atoms with E-state index in [1.54, 1.807) is 12.1 Å². The van der Waals surface area contributed by atoms with Crippen molar-refractivity contribution in [3.63, 3.8) is 0 Å². The van der Waals surface area contributed by atoms with E-state index in [1.165, 1.54) is 29.5 Å². The first-order chi connectivity index (χ1) is 18.4. The van der Waals surface area contributed by atoms with E-state index in [4.69, 9.17) is 15.9 Å². The molecule has 0 aliphatic rings. The molecule has 0 N–H and O–H groups in total. The molecule has 4 nitrogen and oxygen atoms in total. The van der Waals surface area contributed by atoms with Gasteiger partial charge in [-0.3, -0.25) is 4.85 Å². The number of nitriles is 1. The first-order valence-corrected chi connectivity index (χ1v) is 10.7. The molecule has 0 fully saturated rings. The number of hydrogen-bond acceptors (Lipinski definition) is 3. The summed E-state index contributed by atoms with van der Waals surface area (Å²) in [5.74, 6) is 0. The van der Waals surface area contributed by atoms with Gasteiger partial charge in [-0.05, 0) is 46.6 Å². The molecule has 1 radical (unpaired) electrons. The summed E-state index contributed by atoms with van der Waals surface area (Å²) >= 11 is 0. The van der Waals surface area contributed by atoms with Crippen LogP contribution in [0, 0.1) is 36.9 Å². The molecule has 0 saturated heterocycles. The van der Waals surface area contributed by atoms with Crippen LogP contribution in [0.2, 0.25) is 0 Å². The summed E-state index contributed by atoms with van der Waals surface area (Å²) in [4.78, 5) is 11.7. The second-order valence-electron chi connectivity index (χ2n) is 7.36. The van der Waals surface area contributed by atoms with Crippen LogP contribution in [-0.2, 0) is 20.1 Å². The van der Waals surface area contributed by atoms with Gasteiger partial charge in [0.25, 0.3) is 0 Å². The Morgan fingerprint density at radius 1 is 0.889 bits per heavy atom. The summed E-state index contributed by atoms with van der Waals surface area (Å²) in [6, 6.07) is 36.5. The molecular weight excluding hydrogens is 621 g/mol. The maximum Gasteiger partial charge on any atom is 0.123 e. The number of aryl methyl sites for hydroxylation is 1. The van der Waals surface area contributed by atoms with Gasteiger partial charge in [-0.2, -0.15) is 0 Å². The maximum atomic E-state index is 8.85. The molecule has 0 aliphatic heterocycles. The van der Waals surface area contributed by atoms with Crippen molar-refractivity contribution in [3.05, 3.63) is 138 Å². The fraction of sp³-hybridized carbons (Fsp3) is 0.0323. The molecule has 0 atom stereocenters. The molecule has 5 aromatic rings. The molecule has 5 heteroatoms. The summed E-state index contributed by atoms with van der Waals surface area (Å²) in [6.45, 7) is 4.82. The minimum atomic E-state index is -2.19. The average Bonchev–Trinajstić information content (AvgIpc) is 2.98. The molecular formula is C31H20IrN4-2. The zero-order valence-corrected chi connectivity index (χ0v) is 21.3. The van der Waals surface area contributed by atoms with E-state index in [-0.39, 0.29) is 36.9 Å². The molecule has 0 saturated carbocycles. The van der Waals surface area contributed by atoms with Crippen molar-refractivity contribution in [3.8, 4) is 39.7 Å². The van der Waals surface area contributed by atoms with Gasteiger partial charge in [-0.25, -0.2) is 5.26 Å². The Kier molecular flexibility index (Phi) is 7.90. The van der Waals surface area contributed by atoms with Crippen LogP contribution in [0.25, 0.3) is 38.5 Å². The fourth-order valence-corrected chi connectivity index (χ4v) is 3.30. The molecule has 2 aromatic heterocycles. The standard InChI is InChI=1S/C17H12N.C14H8N3.Ir/c1-3-7-14(8-4-1)16-11-12-18-17(13-16)15-9-5-2-6-10-15;1-10-3-6-13(17-9-10)11-4-5-12(8-15)14(7-11)16-2;/h1-9,11-13H;3-6,9H,1H3;/q2*-1;/i;1D3;. The normalized spacial score (nSPS) is 11.1. The van der Waals surface area contributed by atoms with Crippen molar-refractivity contribution in [1.29, 1.82) is 5.26 Å². The van der Waals surface area contributed by atoms with Gasteiger partial charge in [0.15, 0.2) is 0 Å². The fourth-order valence-electron chi connectivity index (χ4n) is 3.30. The third kappa shape index (κ3) is 6.59. The van der Waals surface area contributed by atoms with Crippen LogP contribution in [0.15, 0.2) is 103 Å². The monoisotopic (exact) mass is 644 g/mol. The number of nitrogens with zero attached hydrogens (tertiary/aromatic N) is 4. The van der Waals surface area contributed by atoms with Crippen LogP contribution < -0.4 is 0 Å². The minimum absolute atomic E-state index is 0. The topological polar surface area (TPSA) is 53.9 Å². The first-order valence-electron chi connectivity index (χ1n) is 12.2.